The number of hydrogen-bond acceptors (Lipinski definition) is 4. The monoisotopic (exact) mass is 521 g/mol. The van der Waals surface area contributed by atoms with Crippen LogP contribution in [0.4, 0.5) is 13.2 Å². The number of carbonyl (C=O) groups excluding carboxylic acids is 1. The maximum Gasteiger partial charge on any atom is 0.573 e. The molecule has 0 spiro atoms. The Balaban J connectivity index is 2.01. The summed E-state index contributed by atoms with van der Waals surface area (Å²) in [6, 6.07) is 7.90. The van der Waals surface area contributed by atoms with Gasteiger partial charge in [-0.15, -0.1) is 13.2 Å². The minimum Gasteiger partial charge on any atom is -0.610 e. The number of H-pyrrole nitrogens is 1. The number of carbonyl (C=O) groups is 1. The van der Waals surface area contributed by atoms with Gasteiger partial charge in [0.05, 0.1) is 15.9 Å². The summed E-state index contributed by atoms with van der Waals surface area (Å²) in [5.74, 6) is -1.16. The van der Waals surface area contributed by atoms with Gasteiger partial charge >= 0.3 is 6.36 Å². The Kier molecular flexibility index (Phi) is 6.51. The van der Waals surface area contributed by atoms with Crippen LogP contribution in [0, 0.1) is 0 Å². The average Bonchev–Trinajstić information content (AvgIpc) is 2.64. The van der Waals surface area contributed by atoms with E-state index in [1.54, 1.807) is 6.07 Å². The Morgan fingerprint density at radius 1 is 1.23 bits per heavy atom. The number of halogens is 5. The summed E-state index contributed by atoms with van der Waals surface area (Å²) in [6.45, 7) is 1.17. The number of benzene rings is 2. The standard InChI is InChI=1S/C19H12BrClF3NO4S/c1-9(26)14-17(27)15-13(21)7-6-12(20)16(15)25-18(14)30(28)8-10-2-4-11(5-3-10)29-19(22,23)24/h2-7H,8H2,1H3,(H,25,27). The highest BCUT2D eigenvalue weighted by Gasteiger charge is 2.31. The molecule has 0 bridgehead atoms. The summed E-state index contributed by atoms with van der Waals surface area (Å²) in [5.41, 5.74) is -0.226. The number of aromatic nitrogens is 1. The van der Waals surface area contributed by atoms with Gasteiger partial charge in [-0.1, -0.05) is 23.7 Å². The number of nitrogens with one attached hydrogen (secondary N) is 1. The topological polar surface area (TPSA) is 82.2 Å². The average molecular weight is 523 g/mol. The van der Waals surface area contributed by atoms with Crippen molar-refractivity contribution < 1.29 is 27.3 Å². The van der Waals surface area contributed by atoms with Crippen LogP contribution in [0.5, 0.6) is 5.75 Å². The van der Waals surface area contributed by atoms with Crippen molar-refractivity contribution >= 4 is 55.4 Å². The van der Waals surface area contributed by atoms with Crippen molar-refractivity contribution in [2.75, 3.05) is 0 Å². The molecule has 11 heteroatoms. The van der Waals surface area contributed by atoms with Crippen molar-refractivity contribution in [3.63, 3.8) is 0 Å². The Bertz CT molecular complexity index is 1180. The number of ether oxygens (including phenoxy) is 1. The Hall–Kier alpha value is -2.01. The lowest BCUT2D eigenvalue weighted by molar-refractivity contribution is -0.274. The van der Waals surface area contributed by atoms with Crippen molar-refractivity contribution in [2.24, 2.45) is 0 Å². The lowest BCUT2D eigenvalue weighted by Crippen LogP contribution is -2.22. The second kappa shape index (κ2) is 8.62. The number of hydrogen-bond donors (Lipinski definition) is 1. The van der Waals surface area contributed by atoms with E-state index in [1.165, 1.54) is 25.1 Å². The predicted molar refractivity (Wildman–Crippen MR) is 111 cm³/mol. The third-order valence-corrected chi connectivity index (χ3v) is 6.39. The number of fused-ring (bicyclic) bond motifs is 1. The third-order valence-electron chi connectivity index (χ3n) is 4.06. The van der Waals surface area contributed by atoms with Crippen LogP contribution in [-0.2, 0) is 16.9 Å². The van der Waals surface area contributed by atoms with Crippen LogP contribution in [0.25, 0.3) is 10.9 Å². The zero-order valence-electron chi connectivity index (χ0n) is 15.1. The van der Waals surface area contributed by atoms with Crippen LogP contribution in [0.3, 0.4) is 0 Å². The second-order valence-corrected chi connectivity index (χ2v) is 8.82. The molecule has 0 amide bonds. The van der Waals surface area contributed by atoms with Gasteiger partial charge in [0.25, 0.3) is 0 Å². The third kappa shape index (κ3) is 4.83. The number of rotatable bonds is 5. The van der Waals surface area contributed by atoms with Crippen LogP contribution in [-0.4, -0.2) is 21.7 Å². The summed E-state index contributed by atoms with van der Waals surface area (Å²) >= 11 is 7.53. The minimum atomic E-state index is -4.82. The lowest BCUT2D eigenvalue weighted by Gasteiger charge is -2.15. The molecule has 0 radical (unpaired) electrons. The Morgan fingerprint density at radius 2 is 1.87 bits per heavy atom. The summed E-state index contributed by atoms with van der Waals surface area (Å²) in [7, 11) is 0. The molecule has 1 heterocycles. The molecule has 0 aliphatic carbocycles. The Labute approximate surface area is 184 Å². The molecule has 0 fully saturated rings. The summed E-state index contributed by atoms with van der Waals surface area (Å²) in [4.78, 5) is 27.9. The molecule has 0 aliphatic heterocycles. The maximum atomic E-state index is 13.0. The first-order chi connectivity index (χ1) is 14.0. The summed E-state index contributed by atoms with van der Waals surface area (Å²) < 4.78 is 54.1. The molecule has 1 unspecified atom stereocenters. The Morgan fingerprint density at radius 3 is 2.43 bits per heavy atom. The van der Waals surface area contributed by atoms with E-state index in [0.717, 1.165) is 12.1 Å². The smallest absolute Gasteiger partial charge is 0.573 e. The highest BCUT2D eigenvalue weighted by atomic mass is 79.9. The molecule has 5 nitrogen and oxygen atoms in total. The molecular formula is C19H12BrClF3NO4S. The molecule has 1 aromatic heterocycles. The highest BCUT2D eigenvalue weighted by Crippen LogP contribution is 2.30. The van der Waals surface area contributed by atoms with Gasteiger partial charge in [0.2, 0.25) is 10.5 Å². The van der Waals surface area contributed by atoms with Crippen LogP contribution in [0.2, 0.25) is 5.02 Å². The van der Waals surface area contributed by atoms with E-state index in [4.69, 9.17) is 11.6 Å². The van der Waals surface area contributed by atoms with E-state index >= 15 is 0 Å². The molecule has 2 aromatic carbocycles. The predicted octanol–water partition coefficient (Wildman–Crippen LogP) is 5.35. The first kappa shape index (κ1) is 22.7. The van der Waals surface area contributed by atoms with Crippen molar-refractivity contribution in [2.45, 2.75) is 24.1 Å². The first-order valence-electron chi connectivity index (χ1n) is 8.26. The van der Waals surface area contributed by atoms with Gasteiger partial charge < -0.3 is 14.3 Å². The van der Waals surface area contributed by atoms with Crippen molar-refractivity contribution in [3.8, 4) is 5.75 Å². The fourth-order valence-corrected chi connectivity index (χ4v) is 4.79. The zero-order chi connectivity index (χ0) is 22.2. The van der Waals surface area contributed by atoms with Gasteiger partial charge in [-0.3, -0.25) is 9.59 Å². The fourth-order valence-electron chi connectivity index (χ4n) is 2.80. The molecular weight excluding hydrogens is 511 g/mol. The molecule has 0 aliphatic rings. The molecule has 3 rings (SSSR count). The highest BCUT2D eigenvalue weighted by molar-refractivity contribution is 9.10. The van der Waals surface area contributed by atoms with Crippen molar-refractivity contribution in [1.82, 2.24) is 4.98 Å². The van der Waals surface area contributed by atoms with Gasteiger partial charge in [0.15, 0.2) is 5.78 Å². The van der Waals surface area contributed by atoms with Crippen molar-refractivity contribution in [3.05, 3.63) is 67.2 Å². The van der Waals surface area contributed by atoms with Gasteiger partial charge in [-0.05, 0) is 47.1 Å². The number of aromatic amines is 1. The van der Waals surface area contributed by atoms with Crippen molar-refractivity contribution in [1.29, 1.82) is 0 Å². The molecule has 0 saturated carbocycles. The normalized spacial score (nSPS) is 12.8. The lowest BCUT2D eigenvalue weighted by atomic mass is 10.1. The summed E-state index contributed by atoms with van der Waals surface area (Å²) in [5, 5.41) is 0.138. The first-order valence-corrected chi connectivity index (χ1v) is 10.7. The number of Topliss-reactive ketones (excluding diaryl/α,β-unsaturated/α-hetero) is 1. The SMILES string of the molecule is CC(=O)c1c([S+]([O-])Cc2ccc(OC(F)(F)F)cc2)[nH]c2c(Br)ccc(Cl)c2c1=O. The van der Waals surface area contributed by atoms with E-state index in [-0.39, 0.29) is 32.3 Å². The second-order valence-electron chi connectivity index (χ2n) is 6.18. The summed E-state index contributed by atoms with van der Waals surface area (Å²) in [6.07, 6.45) is -4.82. The van der Waals surface area contributed by atoms with E-state index < -0.39 is 34.5 Å². The van der Waals surface area contributed by atoms with Gasteiger partial charge in [0, 0.05) is 21.2 Å². The van der Waals surface area contributed by atoms with Gasteiger partial charge in [-0.2, -0.15) is 0 Å². The van der Waals surface area contributed by atoms with E-state index in [9.17, 15) is 27.3 Å². The number of pyridine rings is 1. The van der Waals surface area contributed by atoms with E-state index in [1.807, 2.05) is 0 Å². The minimum absolute atomic E-state index is 0.0846. The molecule has 1 N–H and O–H groups in total. The molecule has 3 aromatic rings. The number of ketones is 1. The quantitative estimate of drug-likeness (QED) is 0.362. The molecule has 0 saturated heterocycles. The maximum absolute atomic E-state index is 13.0. The van der Waals surface area contributed by atoms with Crippen LogP contribution in [0.15, 0.2) is 50.7 Å². The van der Waals surface area contributed by atoms with E-state index in [0.29, 0.717) is 10.0 Å². The molecule has 158 valence electrons. The fraction of sp³-hybridized carbons (Fsp3) is 0.158. The van der Waals surface area contributed by atoms with E-state index in [2.05, 4.69) is 25.7 Å². The van der Waals surface area contributed by atoms with Gasteiger partial charge in [0.1, 0.15) is 17.1 Å². The molecule has 1 atom stereocenters. The molecule has 30 heavy (non-hydrogen) atoms. The van der Waals surface area contributed by atoms with Crippen LogP contribution >= 0.6 is 27.5 Å². The van der Waals surface area contributed by atoms with Crippen LogP contribution < -0.4 is 10.2 Å². The zero-order valence-corrected chi connectivity index (χ0v) is 18.3. The largest absolute Gasteiger partial charge is 0.610 e. The number of alkyl halides is 3. The van der Waals surface area contributed by atoms with Crippen LogP contribution in [0.1, 0.15) is 22.8 Å². The van der Waals surface area contributed by atoms with Gasteiger partial charge in [-0.25, -0.2) is 0 Å².